The van der Waals surface area contributed by atoms with Crippen molar-refractivity contribution in [1.82, 2.24) is 20.4 Å². The molecule has 0 aromatic heterocycles. The monoisotopic (exact) mass is 439 g/mol. The summed E-state index contributed by atoms with van der Waals surface area (Å²) in [5.74, 6) is 2.15. The van der Waals surface area contributed by atoms with E-state index in [1.54, 1.807) is 0 Å². The molecular weight excluding hydrogens is 401 g/mol. The summed E-state index contributed by atoms with van der Waals surface area (Å²) < 4.78 is 0. The molecule has 138 valence electrons. The van der Waals surface area contributed by atoms with E-state index in [4.69, 9.17) is 0 Å². The van der Waals surface area contributed by atoms with Gasteiger partial charge < -0.3 is 20.4 Å². The largest absolute Gasteiger partial charge is 0.356 e. The molecule has 2 unspecified atom stereocenters. The zero-order valence-corrected chi connectivity index (χ0v) is 18.3. The van der Waals surface area contributed by atoms with Crippen LogP contribution in [0.3, 0.4) is 0 Å². The Morgan fingerprint density at radius 2 is 1.61 bits per heavy atom. The highest BCUT2D eigenvalue weighted by atomic mass is 127. The number of piperazine rings is 1. The molecule has 1 rings (SSSR count). The maximum absolute atomic E-state index is 4.32. The van der Waals surface area contributed by atoms with Crippen molar-refractivity contribution in [1.29, 1.82) is 0 Å². The number of hydrogen-bond acceptors (Lipinski definition) is 3. The molecule has 5 nitrogen and oxygen atoms in total. The Morgan fingerprint density at radius 3 is 2.09 bits per heavy atom. The maximum atomic E-state index is 4.32. The number of halogens is 1. The van der Waals surface area contributed by atoms with E-state index < -0.39 is 0 Å². The first-order chi connectivity index (χ1) is 10.5. The molecule has 0 bridgehead atoms. The van der Waals surface area contributed by atoms with E-state index in [0.29, 0.717) is 17.9 Å². The fourth-order valence-electron chi connectivity index (χ4n) is 2.64. The average Bonchev–Trinajstić information content (AvgIpc) is 2.51. The van der Waals surface area contributed by atoms with E-state index in [1.807, 2.05) is 7.05 Å². The molecule has 6 heteroatoms. The predicted molar refractivity (Wildman–Crippen MR) is 112 cm³/mol. The van der Waals surface area contributed by atoms with Gasteiger partial charge in [0.15, 0.2) is 5.96 Å². The minimum atomic E-state index is 0. The van der Waals surface area contributed by atoms with Crippen LogP contribution in [0.5, 0.6) is 0 Å². The first-order valence-corrected chi connectivity index (χ1v) is 8.88. The molecule has 1 saturated heterocycles. The molecule has 0 aliphatic carbocycles. The van der Waals surface area contributed by atoms with Crippen molar-refractivity contribution in [3.05, 3.63) is 0 Å². The van der Waals surface area contributed by atoms with Crippen LogP contribution in [0.15, 0.2) is 4.99 Å². The third-order valence-electron chi connectivity index (χ3n) is 4.69. The van der Waals surface area contributed by atoms with Crippen LogP contribution in [-0.2, 0) is 0 Å². The number of guanidine groups is 1. The quantitative estimate of drug-likeness (QED) is 0.362. The molecule has 23 heavy (non-hydrogen) atoms. The van der Waals surface area contributed by atoms with Crippen LogP contribution in [0.4, 0.5) is 0 Å². The summed E-state index contributed by atoms with van der Waals surface area (Å²) >= 11 is 0. The van der Waals surface area contributed by atoms with Gasteiger partial charge in [0.25, 0.3) is 0 Å². The Kier molecular flexibility index (Phi) is 12.3. The second kappa shape index (κ2) is 12.3. The number of rotatable bonds is 7. The van der Waals surface area contributed by atoms with Crippen molar-refractivity contribution in [2.24, 2.45) is 16.8 Å². The molecule has 0 aromatic carbocycles. The Labute approximate surface area is 160 Å². The summed E-state index contributed by atoms with van der Waals surface area (Å²) in [7, 11) is 1.84. The van der Waals surface area contributed by atoms with Crippen molar-refractivity contribution >= 4 is 29.9 Å². The van der Waals surface area contributed by atoms with Crippen LogP contribution in [0, 0.1) is 11.8 Å². The molecular formula is C17H38IN5. The van der Waals surface area contributed by atoms with Crippen molar-refractivity contribution in [2.45, 2.75) is 40.7 Å². The van der Waals surface area contributed by atoms with Crippen LogP contribution in [0.1, 0.15) is 34.6 Å². The van der Waals surface area contributed by atoms with Gasteiger partial charge >= 0.3 is 0 Å². The van der Waals surface area contributed by atoms with E-state index in [9.17, 15) is 0 Å². The van der Waals surface area contributed by atoms with Gasteiger partial charge in [0.1, 0.15) is 0 Å². The minimum absolute atomic E-state index is 0. The van der Waals surface area contributed by atoms with Crippen molar-refractivity contribution in [3.63, 3.8) is 0 Å². The number of nitrogens with one attached hydrogen (secondary N) is 2. The highest BCUT2D eigenvalue weighted by Crippen LogP contribution is 2.05. The molecule has 0 saturated carbocycles. The first kappa shape index (κ1) is 22.9. The van der Waals surface area contributed by atoms with E-state index >= 15 is 0 Å². The first-order valence-electron chi connectivity index (χ1n) is 8.88. The van der Waals surface area contributed by atoms with Gasteiger partial charge in [-0.2, -0.15) is 0 Å². The molecule has 0 radical (unpaired) electrons. The van der Waals surface area contributed by atoms with Crippen molar-refractivity contribution < 1.29 is 0 Å². The molecule has 2 atom stereocenters. The number of aliphatic imine (C=N–C) groups is 1. The molecule has 1 aliphatic rings. The van der Waals surface area contributed by atoms with Crippen LogP contribution < -0.4 is 10.6 Å². The van der Waals surface area contributed by atoms with E-state index in [2.05, 4.69) is 60.0 Å². The zero-order valence-electron chi connectivity index (χ0n) is 15.9. The number of likely N-dealkylation sites (N-methyl/N-ethyl adjacent to an activating group) is 1. The second-order valence-electron chi connectivity index (χ2n) is 6.97. The van der Waals surface area contributed by atoms with Crippen molar-refractivity contribution in [3.8, 4) is 0 Å². The zero-order chi connectivity index (χ0) is 16.5. The highest BCUT2D eigenvalue weighted by molar-refractivity contribution is 14.0. The second-order valence-corrected chi connectivity index (χ2v) is 6.97. The predicted octanol–water partition coefficient (Wildman–Crippen LogP) is 2.09. The fraction of sp³-hybridized carbons (Fsp3) is 0.941. The summed E-state index contributed by atoms with van der Waals surface area (Å²) in [6.07, 6.45) is 0. The molecule has 0 amide bonds. The van der Waals surface area contributed by atoms with Gasteiger partial charge in [0, 0.05) is 52.4 Å². The molecule has 1 aliphatic heterocycles. The van der Waals surface area contributed by atoms with Crippen molar-refractivity contribution in [2.75, 3.05) is 52.9 Å². The maximum Gasteiger partial charge on any atom is 0.191 e. The Balaban J connectivity index is 0.00000484. The van der Waals surface area contributed by atoms with Gasteiger partial charge in [-0.05, 0) is 25.3 Å². The third-order valence-corrected chi connectivity index (χ3v) is 4.69. The lowest BCUT2D eigenvalue weighted by Crippen LogP contribution is -2.49. The van der Waals surface area contributed by atoms with Crippen LogP contribution in [0.2, 0.25) is 0 Å². The summed E-state index contributed by atoms with van der Waals surface area (Å²) in [6, 6.07) is 0.434. The SMILES string of the molecule is CCN1CCN(CC(C)CNC(=NC)NC(C)C(C)C)CC1.I. The molecule has 0 spiro atoms. The van der Waals surface area contributed by atoms with Gasteiger partial charge in [0.05, 0.1) is 0 Å². The average molecular weight is 439 g/mol. The minimum Gasteiger partial charge on any atom is -0.356 e. The lowest BCUT2D eigenvalue weighted by molar-refractivity contribution is 0.124. The van der Waals surface area contributed by atoms with Gasteiger partial charge in [-0.25, -0.2) is 0 Å². The standard InChI is InChI=1S/C17H37N5.HI/c1-7-21-8-10-22(11-9-21)13-15(4)12-19-17(18-6)20-16(5)14(2)3;/h14-16H,7-13H2,1-6H3,(H2,18,19,20);1H. The summed E-state index contributed by atoms with van der Waals surface area (Å²) in [5.41, 5.74) is 0. The van der Waals surface area contributed by atoms with Crippen LogP contribution in [-0.4, -0.2) is 74.7 Å². The summed E-state index contributed by atoms with van der Waals surface area (Å²) in [6.45, 7) is 19.4. The van der Waals surface area contributed by atoms with E-state index in [0.717, 1.165) is 12.5 Å². The normalized spacial score (nSPS) is 20.0. The molecule has 1 heterocycles. The highest BCUT2D eigenvalue weighted by Gasteiger charge is 2.17. The van der Waals surface area contributed by atoms with Crippen LogP contribution in [0.25, 0.3) is 0 Å². The smallest absolute Gasteiger partial charge is 0.191 e. The van der Waals surface area contributed by atoms with E-state index in [1.165, 1.54) is 39.3 Å². The Morgan fingerprint density at radius 1 is 1.04 bits per heavy atom. The third kappa shape index (κ3) is 9.10. The van der Waals surface area contributed by atoms with E-state index in [-0.39, 0.29) is 24.0 Å². The topological polar surface area (TPSA) is 42.9 Å². The lowest BCUT2D eigenvalue weighted by atomic mass is 10.1. The van der Waals surface area contributed by atoms with Gasteiger partial charge in [-0.3, -0.25) is 4.99 Å². The van der Waals surface area contributed by atoms with Gasteiger partial charge in [-0.15, -0.1) is 24.0 Å². The van der Waals surface area contributed by atoms with Crippen LogP contribution >= 0.6 is 24.0 Å². The Bertz CT molecular complexity index is 327. The Hall–Kier alpha value is -0.0800. The fourth-order valence-corrected chi connectivity index (χ4v) is 2.64. The van der Waals surface area contributed by atoms with Gasteiger partial charge in [0.2, 0.25) is 0 Å². The lowest BCUT2D eigenvalue weighted by Gasteiger charge is -2.35. The summed E-state index contributed by atoms with van der Waals surface area (Å²) in [5, 5.41) is 6.92. The molecule has 0 aromatic rings. The molecule has 2 N–H and O–H groups in total. The summed E-state index contributed by atoms with van der Waals surface area (Å²) in [4.78, 5) is 9.44. The number of nitrogens with zero attached hydrogens (tertiary/aromatic N) is 3. The van der Waals surface area contributed by atoms with Gasteiger partial charge in [-0.1, -0.05) is 27.7 Å². The molecule has 1 fully saturated rings. The number of hydrogen-bond donors (Lipinski definition) is 2.